The van der Waals surface area contributed by atoms with Crippen LogP contribution in [-0.4, -0.2) is 24.3 Å². The summed E-state index contributed by atoms with van der Waals surface area (Å²) in [6, 6.07) is 25.0. The minimum Gasteiger partial charge on any atom is -0.496 e. The average molecular weight is 842 g/mol. The molecule has 0 bridgehead atoms. The number of aromatic nitrogens is 1. The van der Waals surface area contributed by atoms with Crippen LogP contribution in [0.1, 0.15) is 36.6 Å². The maximum absolute atomic E-state index is 14.3. The van der Waals surface area contributed by atoms with Gasteiger partial charge in [0.05, 0.1) is 36.7 Å². The maximum atomic E-state index is 14.3. The largest absolute Gasteiger partial charge is 0.496 e. The molecular weight excluding hydrogens is 814 g/mol. The van der Waals surface area contributed by atoms with Gasteiger partial charge in [0.2, 0.25) is 0 Å². The molecule has 5 aromatic rings. The van der Waals surface area contributed by atoms with Gasteiger partial charge in [-0.15, -0.1) is 0 Å². The Morgan fingerprint density at radius 2 is 1.73 bits per heavy atom. The van der Waals surface area contributed by atoms with E-state index in [2.05, 4.69) is 45.2 Å². The lowest BCUT2D eigenvalue weighted by atomic mass is 9.90. The number of fused-ring (bicyclic) bond motifs is 2. The average Bonchev–Trinajstić information content (AvgIpc) is 3.33. The Balaban J connectivity index is 1.50. The van der Waals surface area contributed by atoms with Crippen LogP contribution >= 0.6 is 56.5 Å². The number of carbonyl (C=O) groups is 1. The fraction of sp³-hybridized carbons (Fsp3) is 0.171. The summed E-state index contributed by atoms with van der Waals surface area (Å²) >= 11 is 5.83. The minimum atomic E-state index is -0.794. The highest BCUT2D eigenvalue weighted by atomic mass is 127. The summed E-state index contributed by atoms with van der Waals surface area (Å²) in [5.41, 5.74) is 3.23. The van der Waals surface area contributed by atoms with Gasteiger partial charge in [0.1, 0.15) is 24.1 Å². The van der Waals surface area contributed by atoms with Gasteiger partial charge < -0.3 is 14.2 Å². The van der Waals surface area contributed by atoms with Crippen LogP contribution in [0.3, 0.4) is 0 Å². The molecule has 0 saturated carbocycles. The van der Waals surface area contributed by atoms with Crippen LogP contribution in [0, 0.1) is 7.14 Å². The molecule has 6 rings (SSSR count). The lowest BCUT2D eigenvalue weighted by molar-refractivity contribution is -0.139. The molecule has 2 heterocycles. The SMILES string of the molecule is CCOC(=O)C1=C(C)N=c2s/c(=C/c3cc(I)c(OCc4ccccc4)c(I)c3)c(=O)n2[C@H]1c1c(OC)ccc2ccccc12. The number of hydrogen-bond donors (Lipinski definition) is 0. The van der Waals surface area contributed by atoms with Gasteiger partial charge >= 0.3 is 5.97 Å². The summed E-state index contributed by atoms with van der Waals surface area (Å²) in [5.74, 6) is 0.861. The zero-order valence-electron chi connectivity index (χ0n) is 24.7. The predicted octanol–water partition coefficient (Wildman–Crippen LogP) is 6.75. The lowest BCUT2D eigenvalue weighted by Crippen LogP contribution is -2.40. The highest BCUT2D eigenvalue weighted by Gasteiger charge is 2.36. The highest BCUT2D eigenvalue weighted by Crippen LogP contribution is 2.40. The van der Waals surface area contributed by atoms with Crippen molar-refractivity contribution in [1.29, 1.82) is 0 Å². The van der Waals surface area contributed by atoms with Crippen molar-refractivity contribution < 1.29 is 19.0 Å². The second-order valence-corrected chi connectivity index (χ2v) is 13.6. The maximum Gasteiger partial charge on any atom is 0.338 e. The summed E-state index contributed by atoms with van der Waals surface area (Å²) in [6.45, 7) is 4.20. The lowest BCUT2D eigenvalue weighted by Gasteiger charge is -2.27. The molecule has 7 nitrogen and oxygen atoms in total. The second-order valence-electron chi connectivity index (χ2n) is 10.3. The molecule has 1 aliphatic heterocycles. The number of allylic oxidation sites excluding steroid dienone is 1. The first-order valence-corrected chi connectivity index (χ1v) is 17.2. The van der Waals surface area contributed by atoms with Gasteiger partial charge in [-0.25, -0.2) is 9.79 Å². The topological polar surface area (TPSA) is 79.1 Å². The summed E-state index contributed by atoms with van der Waals surface area (Å²) in [5, 5.41) is 1.84. The van der Waals surface area contributed by atoms with Crippen molar-refractivity contribution in [2.24, 2.45) is 4.99 Å². The third-order valence-corrected chi connectivity index (χ3v) is 10.1. The minimum absolute atomic E-state index is 0.196. The van der Waals surface area contributed by atoms with E-state index < -0.39 is 12.0 Å². The van der Waals surface area contributed by atoms with Gasteiger partial charge in [0.25, 0.3) is 5.56 Å². The fourth-order valence-electron chi connectivity index (χ4n) is 5.48. The molecule has 0 fully saturated rings. The van der Waals surface area contributed by atoms with Crippen LogP contribution in [0.5, 0.6) is 11.5 Å². The monoisotopic (exact) mass is 842 g/mol. The molecule has 0 aliphatic carbocycles. The second kappa shape index (κ2) is 13.5. The first-order chi connectivity index (χ1) is 21.8. The van der Waals surface area contributed by atoms with Crippen LogP contribution in [0.4, 0.5) is 0 Å². The van der Waals surface area contributed by atoms with Crippen LogP contribution in [0.15, 0.2) is 99.9 Å². The molecule has 0 radical (unpaired) electrons. The van der Waals surface area contributed by atoms with Gasteiger partial charge in [-0.1, -0.05) is 72.0 Å². The Labute approximate surface area is 291 Å². The molecule has 0 amide bonds. The molecule has 1 aliphatic rings. The van der Waals surface area contributed by atoms with Crippen LogP contribution < -0.4 is 24.4 Å². The van der Waals surface area contributed by atoms with E-state index in [0.29, 0.717) is 38.5 Å². The van der Waals surface area contributed by atoms with Crippen molar-refractivity contribution >= 4 is 79.3 Å². The number of rotatable bonds is 8. The van der Waals surface area contributed by atoms with Gasteiger partial charge in [-0.3, -0.25) is 9.36 Å². The van der Waals surface area contributed by atoms with Gasteiger partial charge in [-0.2, -0.15) is 0 Å². The van der Waals surface area contributed by atoms with E-state index in [0.717, 1.165) is 34.8 Å². The Morgan fingerprint density at radius 3 is 2.44 bits per heavy atom. The fourth-order valence-corrected chi connectivity index (χ4v) is 8.66. The molecule has 0 N–H and O–H groups in total. The highest BCUT2D eigenvalue weighted by molar-refractivity contribution is 14.1. The molecule has 1 aromatic heterocycles. The van der Waals surface area contributed by atoms with E-state index in [-0.39, 0.29) is 12.2 Å². The first kappa shape index (κ1) is 31.5. The van der Waals surface area contributed by atoms with E-state index in [1.165, 1.54) is 11.3 Å². The third kappa shape index (κ3) is 6.19. The Morgan fingerprint density at radius 1 is 1.02 bits per heavy atom. The molecule has 10 heteroatoms. The van der Waals surface area contributed by atoms with E-state index in [1.54, 1.807) is 25.5 Å². The van der Waals surface area contributed by atoms with Gasteiger partial charge in [-0.05, 0) is 105 Å². The smallest absolute Gasteiger partial charge is 0.338 e. The molecule has 1 atom stereocenters. The number of esters is 1. The van der Waals surface area contributed by atoms with Gasteiger partial charge in [0.15, 0.2) is 4.80 Å². The zero-order chi connectivity index (χ0) is 31.7. The first-order valence-electron chi connectivity index (χ1n) is 14.2. The number of thiazole rings is 1. The molecule has 4 aromatic carbocycles. The van der Waals surface area contributed by atoms with E-state index in [1.807, 2.05) is 84.9 Å². The van der Waals surface area contributed by atoms with Crippen molar-refractivity contribution in [1.82, 2.24) is 4.57 Å². The number of hydrogen-bond acceptors (Lipinski definition) is 7. The summed E-state index contributed by atoms with van der Waals surface area (Å²) in [4.78, 5) is 33.0. The normalized spacial score (nSPS) is 14.7. The number of methoxy groups -OCH3 is 1. The van der Waals surface area contributed by atoms with Crippen LogP contribution in [0.2, 0.25) is 0 Å². The number of benzene rings is 4. The van der Waals surface area contributed by atoms with Crippen molar-refractivity contribution in [3.05, 3.63) is 134 Å². The molecule has 228 valence electrons. The van der Waals surface area contributed by atoms with Crippen molar-refractivity contribution in [3.63, 3.8) is 0 Å². The predicted molar refractivity (Wildman–Crippen MR) is 194 cm³/mol. The molecule has 0 spiro atoms. The Hall–Kier alpha value is -3.49. The quantitative estimate of drug-likeness (QED) is 0.128. The van der Waals surface area contributed by atoms with Crippen molar-refractivity contribution in [3.8, 4) is 11.5 Å². The van der Waals surface area contributed by atoms with Gasteiger partial charge in [0, 0.05) is 5.56 Å². The van der Waals surface area contributed by atoms with Crippen molar-refractivity contribution in [2.45, 2.75) is 26.5 Å². The molecule has 45 heavy (non-hydrogen) atoms. The van der Waals surface area contributed by atoms with Crippen LogP contribution in [-0.2, 0) is 16.1 Å². The number of ether oxygens (including phenoxy) is 3. The number of halogens is 2. The molecule has 0 saturated heterocycles. The molecule has 0 unspecified atom stereocenters. The van der Waals surface area contributed by atoms with Crippen molar-refractivity contribution in [2.75, 3.05) is 13.7 Å². The van der Waals surface area contributed by atoms with E-state index >= 15 is 0 Å². The summed E-state index contributed by atoms with van der Waals surface area (Å²) in [6.07, 6.45) is 1.87. The number of nitrogens with zero attached hydrogens (tertiary/aromatic N) is 2. The van der Waals surface area contributed by atoms with E-state index in [9.17, 15) is 9.59 Å². The number of carbonyl (C=O) groups excluding carboxylic acids is 1. The Bertz CT molecular complexity index is 2130. The van der Waals surface area contributed by atoms with E-state index in [4.69, 9.17) is 19.2 Å². The van der Waals surface area contributed by atoms with Crippen LogP contribution in [0.25, 0.3) is 16.8 Å². The summed E-state index contributed by atoms with van der Waals surface area (Å²) < 4.78 is 21.5. The molecular formula is C35H28I2N2O5S. The third-order valence-electron chi connectivity index (χ3n) is 7.49. The standard InChI is InChI=1S/C35H28I2N2O5S/c1-4-43-34(41)29-20(2)38-35-39(31(29)30-24-13-9-8-12-23(24)14-15-27(30)42-3)33(40)28(45-35)18-22-16-25(36)32(26(37)17-22)44-19-21-10-6-5-7-11-21/h5-18,31H,4,19H2,1-3H3/b28-18+/t31-/m1/s1. The zero-order valence-corrected chi connectivity index (χ0v) is 29.8. The summed E-state index contributed by atoms with van der Waals surface area (Å²) in [7, 11) is 1.59. The Kier molecular flexibility index (Phi) is 9.43.